The molecule has 0 fully saturated rings. The molecule has 1 aromatic rings. The van der Waals surface area contributed by atoms with Crippen LogP contribution in [0.3, 0.4) is 0 Å². The molecule has 0 spiro atoms. The van der Waals surface area contributed by atoms with E-state index < -0.39 is 39.3 Å². The Balaban J connectivity index is 3.62. The summed E-state index contributed by atoms with van der Waals surface area (Å²) in [4.78, 5) is 10.8. The van der Waals surface area contributed by atoms with Crippen molar-refractivity contribution in [3.05, 3.63) is 33.8 Å². The molecule has 1 aromatic carbocycles. The SMILES string of the molecule is O=C(Cl)c1cc(C(F)(F)F)cc(Cl)c1C(F)(F)F. The number of benzene rings is 1. The molecular formula is C9H2Cl2F6O. The average Bonchev–Trinajstić information content (AvgIpc) is 2.12. The Bertz CT molecular complexity index is 491. The summed E-state index contributed by atoms with van der Waals surface area (Å²) in [6, 6.07) is 0.109. The molecule has 0 N–H and O–H groups in total. The summed E-state index contributed by atoms with van der Waals surface area (Å²) in [6.07, 6.45) is -10.0. The molecule has 18 heavy (non-hydrogen) atoms. The highest BCUT2D eigenvalue weighted by Crippen LogP contribution is 2.41. The van der Waals surface area contributed by atoms with Crippen LogP contribution in [0.2, 0.25) is 5.02 Å². The van der Waals surface area contributed by atoms with E-state index >= 15 is 0 Å². The van der Waals surface area contributed by atoms with E-state index in [0.29, 0.717) is 0 Å². The van der Waals surface area contributed by atoms with Crippen LogP contribution in [0.4, 0.5) is 26.3 Å². The third-order valence-corrected chi connectivity index (χ3v) is 2.41. The van der Waals surface area contributed by atoms with Gasteiger partial charge in [0.05, 0.1) is 16.1 Å². The van der Waals surface area contributed by atoms with Crippen LogP contribution in [-0.2, 0) is 12.4 Å². The summed E-state index contributed by atoms with van der Waals surface area (Å²) < 4.78 is 74.6. The third kappa shape index (κ3) is 3.08. The largest absolute Gasteiger partial charge is 0.418 e. The number of carbonyl (C=O) groups is 1. The van der Waals surface area contributed by atoms with E-state index in [2.05, 4.69) is 0 Å². The van der Waals surface area contributed by atoms with Crippen molar-refractivity contribution in [2.24, 2.45) is 0 Å². The second-order valence-electron chi connectivity index (χ2n) is 3.15. The van der Waals surface area contributed by atoms with Crippen molar-refractivity contribution in [2.75, 3.05) is 0 Å². The predicted molar refractivity (Wildman–Crippen MR) is 51.6 cm³/mol. The Morgan fingerprint density at radius 3 is 1.83 bits per heavy atom. The van der Waals surface area contributed by atoms with Gasteiger partial charge in [0.25, 0.3) is 5.24 Å². The van der Waals surface area contributed by atoms with E-state index in [4.69, 9.17) is 23.2 Å². The van der Waals surface area contributed by atoms with Crippen LogP contribution in [-0.4, -0.2) is 5.24 Å². The van der Waals surface area contributed by atoms with Crippen LogP contribution in [0.25, 0.3) is 0 Å². The summed E-state index contributed by atoms with van der Waals surface area (Å²) >= 11 is 9.98. The molecule has 0 unspecified atom stereocenters. The Kier molecular flexibility index (Phi) is 3.88. The van der Waals surface area contributed by atoms with Gasteiger partial charge in [-0.1, -0.05) is 11.6 Å². The van der Waals surface area contributed by atoms with E-state index in [1.54, 1.807) is 0 Å². The lowest BCUT2D eigenvalue weighted by atomic mass is 10.0. The van der Waals surface area contributed by atoms with Crippen molar-refractivity contribution < 1.29 is 31.1 Å². The molecular weight excluding hydrogens is 309 g/mol. The molecule has 0 saturated heterocycles. The highest BCUT2D eigenvalue weighted by atomic mass is 35.5. The van der Waals surface area contributed by atoms with Gasteiger partial charge in [-0.15, -0.1) is 0 Å². The van der Waals surface area contributed by atoms with E-state index in [9.17, 15) is 31.1 Å². The lowest BCUT2D eigenvalue weighted by Gasteiger charge is -2.15. The maximum atomic E-state index is 12.5. The zero-order valence-corrected chi connectivity index (χ0v) is 9.60. The van der Waals surface area contributed by atoms with Crippen LogP contribution < -0.4 is 0 Å². The smallest absolute Gasteiger partial charge is 0.276 e. The fraction of sp³-hybridized carbons (Fsp3) is 0.222. The molecule has 100 valence electrons. The van der Waals surface area contributed by atoms with Gasteiger partial charge in [0.1, 0.15) is 0 Å². The van der Waals surface area contributed by atoms with Crippen molar-refractivity contribution >= 4 is 28.4 Å². The van der Waals surface area contributed by atoms with E-state index in [1.165, 1.54) is 0 Å². The molecule has 9 heteroatoms. The fourth-order valence-corrected chi connectivity index (χ4v) is 1.69. The van der Waals surface area contributed by atoms with Gasteiger partial charge in [-0.3, -0.25) is 4.79 Å². The number of hydrogen-bond acceptors (Lipinski definition) is 1. The first-order chi connectivity index (χ1) is 7.94. The van der Waals surface area contributed by atoms with Crippen LogP contribution >= 0.6 is 23.2 Å². The molecule has 0 aliphatic heterocycles. The monoisotopic (exact) mass is 310 g/mol. The van der Waals surface area contributed by atoms with Crippen LogP contribution in [0.5, 0.6) is 0 Å². The molecule has 0 aliphatic rings. The first kappa shape index (κ1) is 15.1. The van der Waals surface area contributed by atoms with Gasteiger partial charge in [-0.2, -0.15) is 26.3 Å². The summed E-state index contributed by atoms with van der Waals surface area (Å²) in [6.45, 7) is 0. The highest BCUT2D eigenvalue weighted by Gasteiger charge is 2.40. The summed E-state index contributed by atoms with van der Waals surface area (Å²) in [5.74, 6) is 0. The number of halogens is 8. The quantitative estimate of drug-likeness (QED) is 0.540. The normalized spacial score (nSPS) is 12.7. The van der Waals surface area contributed by atoms with Crippen LogP contribution in [0.1, 0.15) is 21.5 Å². The Hall–Kier alpha value is -0.950. The van der Waals surface area contributed by atoms with Gasteiger partial charge in [0.2, 0.25) is 0 Å². The molecule has 0 bridgehead atoms. The highest BCUT2D eigenvalue weighted by molar-refractivity contribution is 6.68. The molecule has 0 aliphatic carbocycles. The Morgan fingerprint density at radius 2 is 1.50 bits per heavy atom. The van der Waals surface area contributed by atoms with Crippen molar-refractivity contribution in [1.82, 2.24) is 0 Å². The summed E-state index contributed by atoms with van der Waals surface area (Å²) in [7, 11) is 0. The van der Waals surface area contributed by atoms with Gasteiger partial charge in [-0.25, -0.2) is 0 Å². The third-order valence-electron chi connectivity index (χ3n) is 1.91. The molecule has 1 rings (SSSR count). The fourth-order valence-electron chi connectivity index (χ4n) is 1.21. The average molecular weight is 311 g/mol. The molecule has 0 atom stereocenters. The molecule has 1 nitrogen and oxygen atoms in total. The minimum absolute atomic E-state index is 0.0179. The van der Waals surface area contributed by atoms with Crippen molar-refractivity contribution in [2.45, 2.75) is 12.4 Å². The lowest BCUT2D eigenvalue weighted by Crippen LogP contribution is -2.15. The second kappa shape index (κ2) is 4.62. The first-order valence-corrected chi connectivity index (χ1v) is 4.88. The maximum Gasteiger partial charge on any atom is 0.418 e. The predicted octanol–water partition coefficient (Wildman–Crippen LogP) is 4.76. The maximum absolute atomic E-state index is 12.5. The number of alkyl halides is 6. The van der Waals surface area contributed by atoms with Gasteiger partial charge >= 0.3 is 12.4 Å². The summed E-state index contributed by atoms with van der Waals surface area (Å²) in [5, 5.41) is -2.91. The summed E-state index contributed by atoms with van der Waals surface area (Å²) in [5.41, 5.74) is -4.49. The van der Waals surface area contributed by atoms with Gasteiger partial charge in [0, 0.05) is 5.56 Å². The standard InChI is InChI=1S/C9H2Cl2F6O/c10-5-2-3(8(12,13)14)1-4(7(11)18)6(5)9(15,16)17/h1-2H. The van der Waals surface area contributed by atoms with E-state index in [1.807, 2.05) is 0 Å². The van der Waals surface area contributed by atoms with Crippen molar-refractivity contribution in [3.8, 4) is 0 Å². The second-order valence-corrected chi connectivity index (χ2v) is 3.90. The van der Waals surface area contributed by atoms with E-state index in [0.717, 1.165) is 0 Å². The van der Waals surface area contributed by atoms with Crippen LogP contribution in [0, 0.1) is 0 Å². The molecule has 0 aromatic heterocycles. The molecule has 0 heterocycles. The molecule has 0 radical (unpaired) electrons. The van der Waals surface area contributed by atoms with Crippen molar-refractivity contribution in [1.29, 1.82) is 0 Å². The van der Waals surface area contributed by atoms with Crippen molar-refractivity contribution in [3.63, 3.8) is 0 Å². The van der Waals surface area contributed by atoms with Gasteiger partial charge in [0.15, 0.2) is 0 Å². The number of hydrogen-bond donors (Lipinski definition) is 0. The molecule has 0 amide bonds. The number of carbonyl (C=O) groups excluding carboxylic acids is 1. The molecule has 0 saturated carbocycles. The van der Waals surface area contributed by atoms with E-state index in [-0.39, 0.29) is 12.1 Å². The zero-order chi connectivity index (χ0) is 14.3. The lowest BCUT2D eigenvalue weighted by molar-refractivity contribution is -0.141. The minimum Gasteiger partial charge on any atom is -0.276 e. The Morgan fingerprint density at radius 1 is 1.00 bits per heavy atom. The topological polar surface area (TPSA) is 17.1 Å². The minimum atomic E-state index is -5.08. The van der Waals surface area contributed by atoms with Gasteiger partial charge < -0.3 is 0 Å². The number of rotatable bonds is 1. The Labute approximate surface area is 106 Å². The zero-order valence-electron chi connectivity index (χ0n) is 8.09. The van der Waals surface area contributed by atoms with Gasteiger partial charge in [-0.05, 0) is 23.7 Å². The van der Waals surface area contributed by atoms with Crippen LogP contribution in [0.15, 0.2) is 12.1 Å². The first-order valence-electron chi connectivity index (χ1n) is 4.12.